The minimum absolute atomic E-state index is 0.400. The van der Waals surface area contributed by atoms with E-state index in [9.17, 15) is 4.79 Å². The molecule has 4 nitrogen and oxygen atoms in total. The molecular formula is C15H15NO3S. The lowest BCUT2D eigenvalue weighted by molar-refractivity contribution is 0.0597. The zero-order valence-corrected chi connectivity index (χ0v) is 12.1. The van der Waals surface area contributed by atoms with Crippen molar-refractivity contribution in [2.45, 2.75) is 9.79 Å². The third-order valence-corrected chi connectivity index (χ3v) is 3.74. The van der Waals surface area contributed by atoms with Gasteiger partial charge in [0.25, 0.3) is 0 Å². The number of ether oxygens (including phenoxy) is 2. The molecule has 0 aliphatic heterocycles. The van der Waals surface area contributed by atoms with Gasteiger partial charge in [0.15, 0.2) is 0 Å². The van der Waals surface area contributed by atoms with Crippen molar-refractivity contribution in [3.8, 4) is 5.75 Å². The fourth-order valence-corrected chi connectivity index (χ4v) is 2.66. The number of hydrogen-bond donors (Lipinski definition) is 1. The van der Waals surface area contributed by atoms with Gasteiger partial charge >= 0.3 is 5.97 Å². The predicted molar refractivity (Wildman–Crippen MR) is 79.3 cm³/mol. The summed E-state index contributed by atoms with van der Waals surface area (Å²) < 4.78 is 9.97. The largest absolute Gasteiger partial charge is 0.497 e. The number of hydrogen-bond acceptors (Lipinski definition) is 5. The molecule has 2 rings (SSSR count). The SMILES string of the molecule is COC(=O)c1cc(N)ccc1Sc1cccc(OC)c1. The Morgan fingerprint density at radius 3 is 2.65 bits per heavy atom. The Hall–Kier alpha value is -2.14. The van der Waals surface area contributed by atoms with E-state index in [1.807, 2.05) is 30.3 Å². The number of benzene rings is 2. The molecule has 0 saturated heterocycles. The van der Waals surface area contributed by atoms with E-state index < -0.39 is 5.97 Å². The van der Waals surface area contributed by atoms with Crippen LogP contribution in [-0.4, -0.2) is 20.2 Å². The molecule has 5 heteroatoms. The zero-order chi connectivity index (χ0) is 14.5. The van der Waals surface area contributed by atoms with Crippen LogP contribution >= 0.6 is 11.8 Å². The summed E-state index contributed by atoms with van der Waals surface area (Å²) in [4.78, 5) is 13.5. The Bertz CT molecular complexity index is 628. The van der Waals surface area contributed by atoms with Gasteiger partial charge in [0.2, 0.25) is 0 Å². The summed E-state index contributed by atoms with van der Waals surface area (Å²) in [5.74, 6) is 0.368. The van der Waals surface area contributed by atoms with Crippen LogP contribution in [0.2, 0.25) is 0 Å². The highest BCUT2D eigenvalue weighted by molar-refractivity contribution is 7.99. The van der Waals surface area contributed by atoms with Crippen molar-refractivity contribution in [1.82, 2.24) is 0 Å². The van der Waals surface area contributed by atoms with Crippen LogP contribution in [-0.2, 0) is 4.74 Å². The third-order valence-electron chi connectivity index (χ3n) is 2.68. The number of nitrogen functional groups attached to an aromatic ring is 1. The second-order valence-corrected chi connectivity index (χ2v) is 5.14. The molecule has 0 fully saturated rings. The molecule has 0 aliphatic rings. The molecule has 20 heavy (non-hydrogen) atoms. The van der Waals surface area contributed by atoms with Crippen molar-refractivity contribution in [2.24, 2.45) is 0 Å². The minimum Gasteiger partial charge on any atom is -0.497 e. The molecule has 0 atom stereocenters. The summed E-state index contributed by atoms with van der Waals surface area (Å²) in [6.45, 7) is 0. The molecule has 0 unspecified atom stereocenters. The maximum Gasteiger partial charge on any atom is 0.339 e. The highest BCUT2D eigenvalue weighted by atomic mass is 32.2. The molecule has 2 aromatic carbocycles. The summed E-state index contributed by atoms with van der Waals surface area (Å²) >= 11 is 1.46. The molecule has 2 N–H and O–H groups in total. The average molecular weight is 289 g/mol. The van der Waals surface area contributed by atoms with Gasteiger partial charge in [0, 0.05) is 15.5 Å². The Morgan fingerprint density at radius 2 is 1.95 bits per heavy atom. The van der Waals surface area contributed by atoms with Crippen molar-refractivity contribution in [2.75, 3.05) is 20.0 Å². The summed E-state index contributed by atoms with van der Waals surface area (Å²) in [5, 5.41) is 0. The first kappa shape index (κ1) is 14.3. The Balaban J connectivity index is 2.35. The maximum atomic E-state index is 11.8. The van der Waals surface area contributed by atoms with E-state index >= 15 is 0 Å². The molecule has 0 radical (unpaired) electrons. The second kappa shape index (κ2) is 6.34. The Kier molecular flexibility index (Phi) is 4.53. The van der Waals surface area contributed by atoms with Crippen LogP contribution in [0.1, 0.15) is 10.4 Å². The summed E-state index contributed by atoms with van der Waals surface area (Å²) in [6.07, 6.45) is 0. The number of esters is 1. The monoisotopic (exact) mass is 289 g/mol. The van der Waals surface area contributed by atoms with E-state index in [1.165, 1.54) is 18.9 Å². The number of anilines is 1. The van der Waals surface area contributed by atoms with E-state index in [1.54, 1.807) is 19.2 Å². The highest BCUT2D eigenvalue weighted by Crippen LogP contribution is 2.33. The predicted octanol–water partition coefficient (Wildman–Crippen LogP) is 3.22. The van der Waals surface area contributed by atoms with Gasteiger partial charge in [-0.3, -0.25) is 0 Å². The van der Waals surface area contributed by atoms with Crippen LogP contribution < -0.4 is 10.5 Å². The summed E-state index contributed by atoms with van der Waals surface area (Å²) in [7, 11) is 2.97. The Morgan fingerprint density at radius 1 is 1.15 bits per heavy atom. The number of methoxy groups -OCH3 is 2. The molecule has 0 bridgehead atoms. The second-order valence-electron chi connectivity index (χ2n) is 4.03. The first-order chi connectivity index (χ1) is 9.63. The number of nitrogens with two attached hydrogens (primary N) is 1. The lowest BCUT2D eigenvalue weighted by atomic mass is 10.2. The Labute approximate surface area is 121 Å². The van der Waals surface area contributed by atoms with Crippen LogP contribution in [0.15, 0.2) is 52.3 Å². The first-order valence-corrected chi connectivity index (χ1v) is 6.75. The van der Waals surface area contributed by atoms with Crippen LogP contribution in [0.4, 0.5) is 5.69 Å². The van der Waals surface area contributed by atoms with Gasteiger partial charge in [-0.15, -0.1) is 0 Å². The van der Waals surface area contributed by atoms with Gasteiger partial charge in [-0.1, -0.05) is 17.8 Å². The topological polar surface area (TPSA) is 61.5 Å². The van der Waals surface area contributed by atoms with Crippen LogP contribution in [0.5, 0.6) is 5.75 Å². The quantitative estimate of drug-likeness (QED) is 0.691. The van der Waals surface area contributed by atoms with Crippen LogP contribution in [0, 0.1) is 0 Å². The molecule has 0 aliphatic carbocycles. The third kappa shape index (κ3) is 3.24. The van der Waals surface area contributed by atoms with Crippen LogP contribution in [0.25, 0.3) is 0 Å². The van der Waals surface area contributed by atoms with E-state index in [0.29, 0.717) is 11.3 Å². The van der Waals surface area contributed by atoms with Gasteiger partial charge in [-0.25, -0.2) is 4.79 Å². The number of carbonyl (C=O) groups excluding carboxylic acids is 1. The van der Waals surface area contributed by atoms with E-state index in [0.717, 1.165) is 15.5 Å². The van der Waals surface area contributed by atoms with E-state index in [-0.39, 0.29) is 0 Å². The van der Waals surface area contributed by atoms with Gasteiger partial charge < -0.3 is 15.2 Å². The molecule has 0 heterocycles. The van der Waals surface area contributed by atoms with E-state index in [4.69, 9.17) is 15.2 Å². The number of carbonyl (C=O) groups is 1. The van der Waals surface area contributed by atoms with Crippen molar-refractivity contribution in [3.63, 3.8) is 0 Å². The van der Waals surface area contributed by atoms with E-state index in [2.05, 4.69) is 0 Å². The van der Waals surface area contributed by atoms with Crippen LogP contribution in [0.3, 0.4) is 0 Å². The number of rotatable bonds is 4. The molecule has 0 aromatic heterocycles. The first-order valence-electron chi connectivity index (χ1n) is 5.94. The average Bonchev–Trinajstić information content (AvgIpc) is 2.48. The molecule has 0 amide bonds. The molecule has 2 aromatic rings. The van der Waals surface area contributed by atoms with Crippen molar-refractivity contribution >= 4 is 23.4 Å². The lowest BCUT2D eigenvalue weighted by Gasteiger charge is -2.09. The van der Waals surface area contributed by atoms with Crippen molar-refractivity contribution in [3.05, 3.63) is 48.0 Å². The van der Waals surface area contributed by atoms with Crippen molar-refractivity contribution in [1.29, 1.82) is 0 Å². The zero-order valence-electron chi connectivity index (χ0n) is 11.3. The van der Waals surface area contributed by atoms with Gasteiger partial charge in [0.1, 0.15) is 5.75 Å². The maximum absolute atomic E-state index is 11.8. The normalized spacial score (nSPS) is 10.1. The summed E-state index contributed by atoms with van der Waals surface area (Å²) in [5.41, 5.74) is 6.71. The fraction of sp³-hybridized carbons (Fsp3) is 0.133. The minimum atomic E-state index is -0.400. The molecule has 0 spiro atoms. The molecule has 0 saturated carbocycles. The van der Waals surface area contributed by atoms with Gasteiger partial charge in [0.05, 0.1) is 19.8 Å². The molecule has 104 valence electrons. The standard InChI is InChI=1S/C15H15NO3S/c1-18-11-4-3-5-12(9-11)20-14-7-6-10(16)8-13(14)15(17)19-2/h3-9H,16H2,1-2H3. The summed E-state index contributed by atoms with van der Waals surface area (Å²) in [6, 6.07) is 12.8. The lowest BCUT2D eigenvalue weighted by Crippen LogP contribution is -2.04. The highest BCUT2D eigenvalue weighted by Gasteiger charge is 2.13. The van der Waals surface area contributed by atoms with Gasteiger partial charge in [-0.05, 0) is 36.4 Å². The molecular weight excluding hydrogens is 274 g/mol. The fourth-order valence-electron chi connectivity index (χ4n) is 1.70. The van der Waals surface area contributed by atoms with Crippen molar-refractivity contribution < 1.29 is 14.3 Å². The smallest absolute Gasteiger partial charge is 0.339 e. The van der Waals surface area contributed by atoms with Gasteiger partial charge in [-0.2, -0.15) is 0 Å².